The second-order valence-corrected chi connectivity index (χ2v) is 11.6. The smallest absolute Gasteiger partial charge is 0.330 e. The SMILES string of the molecule is CCOC(=O)/C=C/c1cccc(S(=O)(=O)Cl)c1.O=C(O)/C=C/c1cccc(S(=O)(=O)Nc2ccccc2)c1. The van der Waals surface area contributed by atoms with Gasteiger partial charge in [0, 0.05) is 28.5 Å². The van der Waals surface area contributed by atoms with Crippen molar-refractivity contribution in [1.82, 2.24) is 0 Å². The first-order valence-corrected chi connectivity index (χ1v) is 14.7. The van der Waals surface area contributed by atoms with E-state index >= 15 is 0 Å². The first-order chi connectivity index (χ1) is 17.9. The number of para-hydroxylation sites is 1. The third-order valence-corrected chi connectivity index (χ3v) is 7.18. The van der Waals surface area contributed by atoms with Crippen molar-refractivity contribution in [2.75, 3.05) is 11.3 Å². The summed E-state index contributed by atoms with van der Waals surface area (Å²) in [7, 11) is -2.26. The molecule has 0 amide bonds. The van der Waals surface area contributed by atoms with Crippen molar-refractivity contribution in [3.05, 3.63) is 102 Å². The van der Waals surface area contributed by atoms with E-state index < -0.39 is 31.0 Å². The van der Waals surface area contributed by atoms with Crippen molar-refractivity contribution in [3.63, 3.8) is 0 Å². The second-order valence-electron chi connectivity index (χ2n) is 7.31. The number of ether oxygens (including phenoxy) is 1. The highest BCUT2D eigenvalue weighted by molar-refractivity contribution is 8.13. The number of rotatable bonds is 9. The minimum Gasteiger partial charge on any atom is -0.478 e. The molecule has 0 bridgehead atoms. The summed E-state index contributed by atoms with van der Waals surface area (Å²) in [6.45, 7) is 1.99. The van der Waals surface area contributed by atoms with E-state index in [0.29, 0.717) is 23.4 Å². The predicted molar refractivity (Wildman–Crippen MR) is 146 cm³/mol. The number of carbonyl (C=O) groups is 2. The van der Waals surface area contributed by atoms with Gasteiger partial charge in [0.2, 0.25) is 0 Å². The zero-order chi connectivity index (χ0) is 28.2. The molecule has 3 rings (SSSR count). The lowest BCUT2D eigenvalue weighted by Gasteiger charge is -2.08. The van der Waals surface area contributed by atoms with Crippen LogP contribution in [0.2, 0.25) is 0 Å². The van der Waals surface area contributed by atoms with E-state index in [9.17, 15) is 26.4 Å². The van der Waals surface area contributed by atoms with Gasteiger partial charge in [0.1, 0.15) is 0 Å². The van der Waals surface area contributed by atoms with Gasteiger partial charge in [-0.25, -0.2) is 26.4 Å². The van der Waals surface area contributed by atoms with Crippen molar-refractivity contribution >= 4 is 59.5 Å². The van der Waals surface area contributed by atoms with Crippen molar-refractivity contribution in [2.45, 2.75) is 16.7 Å². The third kappa shape index (κ3) is 10.6. The van der Waals surface area contributed by atoms with Gasteiger partial charge in [0.25, 0.3) is 19.1 Å². The van der Waals surface area contributed by atoms with Crippen LogP contribution in [0, 0.1) is 0 Å². The standard InChI is InChI=1S/C15H13NO4S.C11H11ClO4S/c17-15(18)10-9-12-5-4-8-14(11-12)21(19,20)16-13-6-2-1-3-7-13;1-2-16-11(13)7-6-9-4-3-5-10(8-9)17(12,14)15/h1-11,16H,(H,17,18);3-8H,2H2,1H3/b10-9+;7-6+. The largest absolute Gasteiger partial charge is 0.478 e. The molecule has 0 unspecified atom stereocenters. The van der Waals surface area contributed by atoms with Gasteiger partial charge in [-0.05, 0) is 66.6 Å². The molecule has 0 aliphatic heterocycles. The van der Waals surface area contributed by atoms with Gasteiger partial charge in [-0.15, -0.1) is 0 Å². The molecule has 2 N–H and O–H groups in total. The van der Waals surface area contributed by atoms with Crippen molar-refractivity contribution in [1.29, 1.82) is 0 Å². The molecule has 0 saturated heterocycles. The molecule has 3 aromatic rings. The lowest BCUT2D eigenvalue weighted by atomic mass is 10.2. The summed E-state index contributed by atoms with van der Waals surface area (Å²) in [5.41, 5.74) is 1.51. The molecular weight excluding hydrogens is 554 g/mol. The Morgan fingerprint density at radius 2 is 1.39 bits per heavy atom. The number of benzene rings is 3. The van der Waals surface area contributed by atoms with Crippen LogP contribution in [0.1, 0.15) is 18.1 Å². The lowest BCUT2D eigenvalue weighted by molar-refractivity contribution is -0.137. The van der Waals surface area contributed by atoms with Crippen LogP contribution in [0.15, 0.2) is 101 Å². The van der Waals surface area contributed by atoms with E-state index in [1.165, 1.54) is 42.5 Å². The predicted octanol–water partition coefficient (Wildman–Crippen LogP) is 4.78. The maximum Gasteiger partial charge on any atom is 0.330 e. The number of aliphatic carboxylic acids is 1. The summed E-state index contributed by atoms with van der Waals surface area (Å²) in [5.74, 6) is -1.57. The molecule has 0 aromatic heterocycles. The van der Waals surface area contributed by atoms with Crippen molar-refractivity contribution < 1.29 is 36.3 Å². The lowest BCUT2D eigenvalue weighted by Crippen LogP contribution is -2.12. The molecule has 0 radical (unpaired) electrons. The van der Waals surface area contributed by atoms with Crippen LogP contribution < -0.4 is 4.72 Å². The maximum atomic E-state index is 12.2. The Balaban J connectivity index is 0.000000273. The van der Waals surface area contributed by atoms with E-state index in [1.54, 1.807) is 61.5 Å². The summed E-state index contributed by atoms with van der Waals surface area (Å²) >= 11 is 0. The number of halogens is 1. The van der Waals surface area contributed by atoms with Gasteiger partial charge in [-0.3, -0.25) is 4.72 Å². The molecular formula is C26H24ClNO8S2. The molecule has 38 heavy (non-hydrogen) atoms. The molecule has 0 aliphatic rings. The van der Waals surface area contributed by atoms with Crippen molar-refractivity contribution in [2.24, 2.45) is 0 Å². The van der Waals surface area contributed by atoms with E-state index in [1.807, 2.05) is 0 Å². The number of carboxylic acid groups (broad SMARTS) is 1. The number of anilines is 1. The highest BCUT2D eigenvalue weighted by Gasteiger charge is 2.14. The van der Waals surface area contributed by atoms with Crippen molar-refractivity contribution in [3.8, 4) is 0 Å². The first kappa shape index (κ1) is 30.3. The van der Waals surface area contributed by atoms with Gasteiger partial charge >= 0.3 is 11.9 Å². The van der Waals surface area contributed by atoms with Crippen LogP contribution in [0.5, 0.6) is 0 Å². The Kier molecular flexibility index (Phi) is 11.3. The van der Waals surface area contributed by atoms with Gasteiger partial charge in [0.15, 0.2) is 0 Å². The number of hydrogen-bond acceptors (Lipinski definition) is 7. The molecule has 0 heterocycles. The van der Waals surface area contributed by atoms with Crippen LogP contribution in [0.25, 0.3) is 12.2 Å². The Labute approximate surface area is 225 Å². The summed E-state index contributed by atoms with van der Waals surface area (Å²) in [4.78, 5) is 21.6. The maximum absolute atomic E-state index is 12.2. The van der Waals surface area contributed by atoms with Crippen LogP contribution in [0.3, 0.4) is 0 Å². The van der Waals surface area contributed by atoms with Gasteiger partial charge < -0.3 is 9.84 Å². The quantitative estimate of drug-likeness (QED) is 0.210. The highest BCUT2D eigenvalue weighted by Crippen LogP contribution is 2.18. The Hall–Kier alpha value is -3.93. The van der Waals surface area contributed by atoms with Crippen LogP contribution >= 0.6 is 10.7 Å². The Morgan fingerprint density at radius 1 is 0.842 bits per heavy atom. The number of nitrogens with one attached hydrogen (secondary N) is 1. The topological polar surface area (TPSA) is 144 Å². The summed E-state index contributed by atoms with van der Waals surface area (Å²) in [6.07, 6.45) is 4.98. The molecule has 0 fully saturated rings. The molecule has 12 heteroatoms. The van der Waals surface area contributed by atoms with Gasteiger partial charge in [-0.1, -0.05) is 42.5 Å². The molecule has 0 saturated carbocycles. The zero-order valence-electron chi connectivity index (χ0n) is 20.0. The van der Waals surface area contributed by atoms with Gasteiger partial charge in [-0.2, -0.15) is 0 Å². The average molecular weight is 578 g/mol. The fourth-order valence-electron chi connectivity index (χ4n) is 2.80. The molecule has 0 spiro atoms. The molecule has 3 aromatic carbocycles. The minimum absolute atomic E-state index is 0.00910. The van der Waals surface area contributed by atoms with Crippen LogP contribution in [-0.2, 0) is 33.4 Å². The second kappa shape index (κ2) is 14.1. The number of hydrogen-bond donors (Lipinski definition) is 2. The Morgan fingerprint density at radius 3 is 1.95 bits per heavy atom. The zero-order valence-corrected chi connectivity index (χ0v) is 22.4. The third-order valence-electron chi connectivity index (χ3n) is 4.45. The van der Waals surface area contributed by atoms with Crippen LogP contribution in [0.4, 0.5) is 5.69 Å². The normalized spacial score (nSPS) is 11.5. The van der Waals surface area contributed by atoms with E-state index in [2.05, 4.69) is 4.72 Å². The molecule has 0 aliphatic carbocycles. The first-order valence-electron chi connectivity index (χ1n) is 10.9. The number of sulfonamides is 1. The fraction of sp³-hybridized carbons (Fsp3) is 0.0769. The average Bonchev–Trinajstić information content (AvgIpc) is 2.87. The molecule has 9 nitrogen and oxygen atoms in total. The minimum atomic E-state index is -3.75. The summed E-state index contributed by atoms with van der Waals surface area (Å²) in [6, 6.07) is 20.5. The van der Waals surface area contributed by atoms with E-state index in [-0.39, 0.29) is 9.79 Å². The highest BCUT2D eigenvalue weighted by atomic mass is 35.7. The van der Waals surface area contributed by atoms with E-state index in [0.717, 1.165) is 6.08 Å². The van der Waals surface area contributed by atoms with Gasteiger partial charge in [0.05, 0.1) is 16.4 Å². The molecule has 200 valence electrons. The summed E-state index contributed by atoms with van der Waals surface area (Å²) in [5, 5.41) is 8.58. The Bertz CT molecular complexity index is 1530. The molecule has 0 atom stereocenters. The number of carboxylic acids is 1. The summed E-state index contributed by atoms with van der Waals surface area (Å²) < 4.78 is 53.8. The van der Waals surface area contributed by atoms with Crippen LogP contribution in [-0.4, -0.2) is 40.5 Å². The monoisotopic (exact) mass is 577 g/mol. The number of esters is 1. The van der Waals surface area contributed by atoms with E-state index in [4.69, 9.17) is 20.5 Å². The fourth-order valence-corrected chi connectivity index (χ4v) is 4.72. The number of carbonyl (C=O) groups excluding carboxylic acids is 1.